The van der Waals surface area contributed by atoms with E-state index in [9.17, 15) is 0 Å². The van der Waals surface area contributed by atoms with Crippen LogP contribution in [0.5, 0.6) is 5.75 Å². The first-order valence-electron chi connectivity index (χ1n) is 6.11. The van der Waals surface area contributed by atoms with E-state index in [0.717, 1.165) is 12.2 Å². The largest absolute Gasteiger partial charge is 0.496 e. The molecular weight excluding hydrogens is 212 g/mol. The third-order valence-electron chi connectivity index (χ3n) is 3.46. The fourth-order valence-electron chi connectivity index (χ4n) is 2.10. The van der Waals surface area contributed by atoms with E-state index in [1.165, 1.54) is 16.7 Å². The molecule has 0 aliphatic rings. The molecule has 1 aromatic rings. The van der Waals surface area contributed by atoms with Gasteiger partial charge in [-0.25, -0.2) is 0 Å². The summed E-state index contributed by atoms with van der Waals surface area (Å²) >= 11 is 0. The van der Waals surface area contributed by atoms with Crippen molar-refractivity contribution in [1.82, 2.24) is 0 Å². The number of nitrogens with two attached hydrogens (primary N) is 2. The van der Waals surface area contributed by atoms with E-state index in [0.29, 0.717) is 12.5 Å². The lowest BCUT2D eigenvalue weighted by atomic mass is 9.91. The Kier molecular flexibility index (Phi) is 4.97. The summed E-state index contributed by atoms with van der Waals surface area (Å²) < 4.78 is 5.30. The van der Waals surface area contributed by atoms with Gasteiger partial charge in [0, 0.05) is 6.04 Å². The highest BCUT2D eigenvalue weighted by Crippen LogP contribution is 2.29. The third kappa shape index (κ3) is 3.20. The van der Waals surface area contributed by atoms with Gasteiger partial charge in [0.1, 0.15) is 5.75 Å². The van der Waals surface area contributed by atoms with Gasteiger partial charge in [-0.05, 0) is 55.5 Å². The topological polar surface area (TPSA) is 61.3 Å². The van der Waals surface area contributed by atoms with Crippen LogP contribution in [0.2, 0.25) is 0 Å². The summed E-state index contributed by atoms with van der Waals surface area (Å²) in [4.78, 5) is 0. The molecule has 1 rings (SSSR count). The Morgan fingerprint density at radius 2 is 1.88 bits per heavy atom. The molecule has 0 fully saturated rings. The molecule has 0 saturated carbocycles. The van der Waals surface area contributed by atoms with Crippen LogP contribution in [-0.2, 0) is 0 Å². The summed E-state index contributed by atoms with van der Waals surface area (Å²) in [6.45, 7) is 6.98. The molecule has 0 amide bonds. The summed E-state index contributed by atoms with van der Waals surface area (Å²) in [6.07, 6.45) is 0.920. The predicted molar refractivity (Wildman–Crippen MR) is 72.2 cm³/mol. The van der Waals surface area contributed by atoms with Crippen molar-refractivity contribution < 1.29 is 4.74 Å². The quantitative estimate of drug-likeness (QED) is 0.824. The lowest BCUT2D eigenvalue weighted by Gasteiger charge is -2.20. The van der Waals surface area contributed by atoms with Gasteiger partial charge in [0.25, 0.3) is 0 Å². The maximum atomic E-state index is 6.24. The number of methoxy groups -OCH3 is 1. The number of rotatable bonds is 5. The maximum Gasteiger partial charge on any atom is 0.122 e. The highest BCUT2D eigenvalue weighted by molar-refractivity contribution is 5.44. The Morgan fingerprint density at radius 3 is 2.41 bits per heavy atom. The van der Waals surface area contributed by atoms with Crippen molar-refractivity contribution in [2.24, 2.45) is 17.4 Å². The predicted octanol–water partition coefficient (Wildman–Crippen LogP) is 2.30. The second-order valence-corrected chi connectivity index (χ2v) is 4.79. The molecule has 0 saturated heterocycles. The fourth-order valence-corrected chi connectivity index (χ4v) is 2.10. The van der Waals surface area contributed by atoms with Crippen LogP contribution in [0, 0.1) is 19.8 Å². The molecule has 2 atom stereocenters. The van der Waals surface area contributed by atoms with E-state index in [2.05, 4.69) is 26.8 Å². The minimum Gasteiger partial charge on any atom is -0.496 e. The zero-order valence-corrected chi connectivity index (χ0v) is 11.3. The van der Waals surface area contributed by atoms with E-state index in [1.54, 1.807) is 7.11 Å². The summed E-state index contributed by atoms with van der Waals surface area (Å²) in [5.41, 5.74) is 15.5. The van der Waals surface area contributed by atoms with Crippen LogP contribution in [0.25, 0.3) is 0 Å². The normalized spacial score (nSPS) is 14.5. The maximum absolute atomic E-state index is 6.24. The second kappa shape index (κ2) is 6.03. The van der Waals surface area contributed by atoms with Gasteiger partial charge in [-0.1, -0.05) is 13.0 Å². The van der Waals surface area contributed by atoms with E-state index >= 15 is 0 Å². The van der Waals surface area contributed by atoms with Crippen LogP contribution in [-0.4, -0.2) is 13.7 Å². The van der Waals surface area contributed by atoms with Gasteiger partial charge in [-0.15, -0.1) is 0 Å². The summed E-state index contributed by atoms with van der Waals surface area (Å²) in [6, 6.07) is 4.11. The summed E-state index contributed by atoms with van der Waals surface area (Å²) in [5, 5.41) is 0. The molecule has 0 spiro atoms. The molecule has 0 bridgehead atoms. The van der Waals surface area contributed by atoms with Crippen molar-refractivity contribution in [3.8, 4) is 5.75 Å². The first-order valence-corrected chi connectivity index (χ1v) is 6.11. The minimum atomic E-state index is 0.0538. The Bertz CT molecular complexity index is 377. The average Bonchev–Trinajstić information content (AvgIpc) is 2.32. The lowest BCUT2D eigenvalue weighted by Crippen LogP contribution is -2.20. The molecule has 0 aliphatic carbocycles. The smallest absolute Gasteiger partial charge is 0.122 e. The third-order valence-corrected chi connectivity index (χ3v) is 3.46. The van der Waals surface area contributed by atoms with Crippen LogP contribution < -0.4 is 16.2 Å². The van der Waals surface area contributed by atoms with Gasteiger partial charge in [-0.2, -0.15) is 0 Å². The average molecular weight is 236 g/mol. The number of hydrogen-bond donors (Lipinski definition) is 2. The van der Waals surface area contributed by atoms with Gasteiger partial charge in [0.15, 0.2) is 0 Å². The van der Waals surface area contributed by atoms with Crippen LogP contribution in [0.15, 0.2) is 12.1 Å². The van der Waals surface area contributed by atoms with Crippen LogP contribution in [0.4, 0.5) is 0 Å². The molecule has 0 heterocycles. The van der Waals surface area contributed by atoms with Crippen molar-refractivity contribution in [3.05, 3.63) is 28.8 Å². The van der Waals surface area contributed by atoms with Gasteiger partial charge in [0.2, 0.25) is 0 Å². The lowest BCUT2D eigenvalue weighted by molar-refractivity contribution is 0.410. The van der Waals surface area contributed by atoms with Crippen LogP contribution in [0.1, 0.15) is 36.1 Å². The van der Waals surface area contributed by atoms with Gasteiger partial charge in [0.05, 0.1) is 7.11 Å². The zero-order chi connectivity index (χ0) is 13.0. The molecule has 3 heteroatoms. The molecule has 96 valence electrons. The summed E-state index contributed by atoms with van der Waals surface area (Å²) in [7, 11) is 1.69. The Morgan fingerprint density at radius 1 is 1.24 bits per heavy atom. The van der Waals surface area contributed by atoms with E-state index in [-0.39, 0.29) is 6.04 Å². The number of hydrogen-bond acceptors (Lipinski definition) is 3. The molecule has 1 aromatic carbocycles. The molecule has 0 aromatic heterocycles. The van der Waals surface area contributed by atoms with Crippen molar-refractivity contribution in [2.45, 2.75) is 33.2 Å². The second-order valence-electron chi connectivity index (χ2n) is 4.79. The molecule has 0 aliphatic heterocycles. The number of ether oxygens (including phenoxy) is 1. The molecular formula is C14H24N2O. The standard InChI is InChI=1S/C14H24N2O/c1-9(8-15)7-13(16)12-5-6-14(17-4)11(3)10(12)2/h5-6,9,13H,7-8,15-16H2,1-4H3. The highest BCUT2D eigenvalue weighted by Gasteiger charge is 2.15. The first-order chi connectivity index (χ1) is 8.01. The van der Waals surface area contributed by atoms with E-state index < -0.39 is 0 Å². The fraction of sp³-hybridized carbons (Fsp3) is 0.571. The van der Waals surface area contributed by atoms with Crippen LogP contribution >= 0.6 is 0 Å². The number of benzene rings is 1. The zero-order valence-electron chi connectivity index (χ0n) is 11.3. The molecule has 0 radical (unpaired) electrons. The van der Waals surface area contributed by atoms with E-state index in [1.807, 2.05) is 6.07 Å². The Labute approximate surface area is 104 Å². The van der Waals surface area contributed by atoms with Gasteiger partial charge >= 0.3 is 0 Å². The molecule has 4 N–H and O–H groups in total. The minimum absolute atomic E-state index is 0.0538. The molecule has 3 nitrogen and oxygen atoms in total. The molecule has 17 heavy (non-hydrogen) atoms. The van der Waals surface area contributed by atoms with Crippen molar-refractivity contribution in [2.75, 3.05) is 13.7 Å². The monoisotopic (exact) mass is 236 g/mol. The van der Waals surface area contributed by atoms with Gasteiger partial charge < -0.3 is 16.2 Å². The Hall–Kier alpha value is -1.06. The summed E-state index contributed by atoms with van der Waals surface area (Å²) in [5.74, 6) is 1.37. The first kappa shape index (κ1) is 14.0. The van der Waals surface area contributed by atoms with Crippen molar-refractivity contribution in [1.29, 1.82) is 0 Å². The highest BCUT2D eigenvalue weighted by atomic mass is 16.5. The van der Waals surface area contributed by atoms with Gasteiger partial charge in [-0.3, -0.25) is 0 Å². The van der Waals surface area contributed by atoms with E-state index in [4.69, 9.17) is 16.2 Å². The molecule has 2 unspecified atom stereocenters. The van der Waals surface area contributed by atoms with Crippen LogP contribution in [0.3, 0.4) is 0 Å². The SMILES string of the molecule is COc1ccc(C(N)CC(C)CN)c(C)c1C. The Balaban J connectivity index is 2.95. The van der Waals surface area contributed by atoms with Crippen molar-refractivity contribution >= 4 is 0 Å². The van der Waals surface area contributed by atoms with Crippen molar-refractivity contribution in [3.63, 3.8) is 0 Å².